The zero-order chi connectivity index (χ0) is 15.3. The number of carbonyl (C=O) groups excluding carboxylic acids is 1. The maximum Gasteiger partial charge on any atom is 0.315 e. The summed E-state index contributed by atoms with van der Waals surface area (Å²) in [4.78, 5) is 12.0. The average Bonchev–Trinajstić information content (AvgIpc) is 2.94. The summed E-state index contributed by atoms with van der Waals surface area (Å²) < 4.78 is 5.32. The first kappa shape index (κ1) is 15.6. The monoisotopic (exact) mass is 292 g/mol. The van der Waals surface area contributed by atoms with E-state index >= 15 is 0 Å². The summed E-state index contributed by atoms with van der Waals surface area (Å²) in [5.41, 5.74) is 1.61. The van der Waals surface area contributed by atoms with E-state index in [0.717, 1.165) is 42.6 Å². The van der Waals surface area contributed by atoms with Crippen molar-refractivity contribution in [3.8, 4) is 5.75 Å². The van der Waals surface area contributed by atoms with Crippen LogP contribution in [0, 0.1) is 6.92 Å². The number of benzene rings is 1. The van der Waals surface area contributed by atoms with E-state index in [9.17, 15) is 9.90 Å². The molecular weight excluding hydrogens is 268 g/mol. The Labute approximate surface area is 125 Å². The van der Waals surface area contributed by atoms with Crippen LogP contribution in [-0.2, 0) is 6.54 Å². The zero-order valence-corrected chi connectivity index (χ0v) is 12.7. The maximum atomic E-state index is 12.0. The normalized spacial score (nSPS) is 16.5. The Bertz CT molecular complexity index is 496. The first-order chi connectivity index (χ1) is 10.1. The number of ether oxygens (including phenoxy) is 1. The lowest BCUT2D eigenvalue weighted by atomic mass is 9.99. The average molecular weight is 292 g/mol. The number of carbonyl (C=O) groups is 1. The number of aryl methyl sites for hydroxylation is 1. The molecule has 0 radical (unpaired) electrons. The van der Waals surface area contributed by atoms with Gasteiger partial charge >= 0.3 is 6.03 Å². The molecule has 0 spiro atoms. The number of methoxy groups -OCH3 is 1. The Hall–Kier alpha value is -1.75. The molecule has 0 aromatic heterocycles. The van der Waals surface area contributed by atoms with Gasteiger partial charge in [-0.05, 0) is 31.4 Å². The van der Waals surface area contributed by atoms with Crippen molar-refractivity contribution >= 4 is 6.03 Å². The summed E-state index contributed by atoms with van der Waals surface area (Å²) in [7, 11) is 1.62. The lowest BCUT2D eigenvalue weighted by molar-refractivity contribution is 0.162. The highest BCUT2D eigenvalue weighted by molar-refractivity contribution is 5.75. The van der Waals surface area contributed by atoms with Crippen LogP contribution in [0.4, 0.5) is 4.79 Å². The molecule has 0 unspecified atom stereocenters. The van der Waals surface area contributed by atoms with Crippen LogP contribution >= 0.6 is 0 Å². The van der Waals surface area contributed by atoms with Gasteiger partial charge in [-0.1, -0.05) is 25.0 Å². The minimum Gasteiger partial charge on any atom is -0.496 e. The minimum atomic E-state index is -0.443. The molecule has 21 heavy (non-hydrogen) atoms. The van der Waals surface area contributed by atoms with Gasteiger partial charge in [-0.25, -0.2) is 4.79 Å². The largest absolute Gasteiger partial charge is 0.496 e. The predicted molar refractivity (Wildman–Crippen MR) is 81.4 cm³/mol. The molecule has 1 aliphatic carbocycles. The van der Waals surface area contributed by atoms with Crippen molar-refractivity contribution in [3.05, 3.63) is 29.3 Å². The number of rotatable bonds is 5. The molecule has 0 aliphatic heterocycles. The highest BCUT2D eigenvalue weighted by Crippen LogP contribution is 2.29. The lowest BCUT2D eigenvalue weighted by Crippen LogP contribution is -2.52. The van der Waals surface area contributed by atoms with E-state index in [1.54, 1.807) is 7.11 Å². The summed E-state index contributed by atoms with van der Waals surface area (Å²) in [5, 5.41) is 15.3. The van der Waals surface area contributed by atoms with E-state index in [1.165, 1.54) is 0 Å². The molecule has 0 bridgehead atoms. The van der Waals surface area contributed by atoms with Crippen LogP contribution in [0.25, 0.3) is 0 Å². The highest BCUT2D eigenvalue weighted by atomic mass is 16.5. The molecule has 0 atom stereocenters. The number of urea groups is 1. The molecule has 0 heterocycles. The lowest BCUT2D eigenvalue weighted by Gasteiger charge is -2.28. The molecule has 1 aromatic rings. The number of hydrogen-bond donors (Lipinski definition) is 3. The molecule has 1 saturated carbocycles. The molecule has 2 rings (SSSR count). The fourth-order valence-electron chi connectivity index (χ4n) is 2.83. The van der Waals surface area contributed by atoms with Gasteiger partial charge in [0.05, 0.1) is 19.3 Å². The van der Waals surface area contributed by atoms with E-state index < -0.39 is 5.54 Å². The fourth-order valence-corrected chi connectivity index (χ4v) is 2.83. The van der Waals surface area contributed by atoms with Crippen LogP contribution < -0.4 is 15.4 Å². The van der Waals surface area contributed by atoms with E-state index in [4.69, 9.17) is 4.74 Å². The molecule has 116 valence electrons. The zero-order valence-electron chi connectivity index (χ0n) is 12.7. The van der Waals surface area contributed by atoms with Crippen LogP contribution in [0.5, 0.6) is 5.75 Å². The topological polar surface area (TPSA) is 70.6 Å². The summed E-state index contributed by atoms with van der Waals surface area (Å²) in [6, 6.07) is 5.64. The van der Waals surface area contributed by atoms with Gasteiger partial charge in [0.25, 0.3) is 0 Å². The van der Waals surface area contributed by atoms with Crippen molar-refractivity contribution in [3.63, 3.8) is 0 Å². The van der Waals surface area contributed by atoms with Crippen molar-refractivity contribution in [2.24, 2.45) is 0 Å². The number of hydrogen-bond acceptors (Lipinski definition) is 3. The van der Waals surface area contributed by atoms with Crippen molar-refractivity contribution < 1.29 is 14.6 Å². The second-order valence-corrected chi connectivity index (χ2v) is 5.77. The molecule has 0 saturated heterocycles. The van der Waals surface area contributed by atoms with Crippen molar-refractivity contribution in [2.75, 3.05) is 13.7 Å². The Balaban J connectivity index is 1.92. The molecule has 3 N–H and O–H groups in total. The van der Waals surface area contributed by atoms with Crippen LogP contribution in [0.1, 0.15) is 36.8 Å². The quantitative estimate of drug-likeness (QED) is 0.778. The SMILES string of the molecule is COc1cc(C)ccc1CNC(=O)NC1(CO)CCCC1. The van der Waals surface area contributed by atoms with Crippen molar-refractivity contribution in [1.82, 2.24) is 10.6 Å². The molecule has 5 heteroatoms. The third kappa shape index (κ3) is 3.88. The van der Waals surface area contributed by atoms with E-state index in [-0.39, 0.29) is 12.6 Å². The first-order valence-corrected chi connectivity index (χ1v) is 7.39. The van der Waals surface area contributed by atoms with Crippen LogP contribution in [0.15, 0.2) is 18.2 Å². The molecule has 1 fully saturated rings. The number of aliphatic hydroxyl groups excluding tert-OH is 1. The Kier molecular flexibility index (Phi) is 5.07. The second kappa shape index (κ2) is 6.80. The summed E-state index contributed by atoms with van der Waals surface area (Å²) in [6.07, 6.45) is 3.77. The minimum absolute atomic E-state index is 0.00568. The van der Waals surface area contributed by atoms with Gasteiger partial charge in [0.15, 0.2) is 0 Å². The molecule has 2 amide bonds. The molecule has 1 aliphatic rings. The fraction of sp³-hybridized carbons (Fsp3) is 0.562. The number of aliphatic hydroxyl groups is 1. The van der Waals surface area contributed by atoms with E-state index in [2.05, 4.69) is 10.6 Å². The molecule has 1 aromatic carbocycles. The Morgan fingerprint density at radius 1 is 1.38 bits per heavy atom. The highest BCUT2D eigenvalue weighted by Gasteiger charge is 2.34. The van der Waals surface area contributed by atoms with Crippen molar-refractivity contribution in [1.29, 1.82) is 0 Å². The van der Waals surface area contributed by atoms with Crippen LogP contribution in [0.3, 0.4) is 0 Å². The maximum absolute atomic E-state index is 12.0. The van der Waals surface area contributed by atoms with Crippen LogP contribution in [-0.4, -0.2) is 30.4 Å². The Morgan fingerprint density at radius 2 is 2.10 bits per heavy atom. The third-order valence-electron chi connectivity index (χ3n) is 4.12. The van der Waals surface area contributed by atoms with Crippen LogP contribution in [0.2, 0.25) is 0 Å². The van der Waals surface area contributed by atoms with Gasteiger partial charge in [-0.15, -0.1) is 0 Å². The molecule has 5 nitrogen and oxygen atoms in total. The third-order valence-corrected chi connectivity index (χ3v) is 4.12. The predicted octanol–water partition coefficient (Wildman–Crippen LogP) is 2.11. The number of amides is 2. The van der Waals surface area contributed by atoms with Gasteiger partial charge in [-0.2, -0.15) is 0 Å². The van der Waals surface area contributed by atoms with Crippen molar-refractivity contribution in [2.45, 2.75) is 44.7 Å². The van der Waals surface area contributed by atoms with Gasteiger partial charge in [0, 0.05) is 12.1 Å². The number of nitrogens with one attached hydrogen (secondary N) is 2. The van der Waals surface area contributed by atoms with Gasteiger partial charge in [0.1, 0.15) is 5.75 Å². The molecular formula is C16H24N2O3. The Morgan fingerprint density at radius 3 is 2.71 bits per heavy atom. The van der Waals surface area contributed by atoms with E-state index in [1.807, 2.05) is 25.1 Å². The summed E-state index contributed by atoms with van der Waals surface area (Å²) >= 11 is 0. The van der Waals surface area contributed by atoms with Gasteiger partial charge in [-0.3, -0.25) is 0 Å². The second-order valence-electron chi connectivity index (χ2n) is 5.77. The summed E-state index contributed by atoms with van der Waals surface area (Å²) in [5.74, 6) is 0.771. The smallest absolute Gasteiger partial charge is 0.315 e. The summed E-state index contributed by atoms with van der Waals surface area (Å²) in [6.45, 7) is 2.39. The van der Waals surface area contributed by atoms with Gasteiger partial charge in [0.2, 0.25) is 0 Å². The van der Waals surface area contributed by atoms with Gasteiger partial charge < -0.3 is 20.5 Å². The van der Waals surface area contributed by atoms with E-state index in [0.29, 0.717) is 6.54 Å². The standard InChI is InChI=1S/C16H24N2O3/c1-12-5-6-13(14(9-12)21-2)10-17-15(20)18-16(11-19)7-3-4-8-16/h5-6,9,19H,3-4,7-8,10-11H2,1-2H3,(H2,17,18,20). The first-order valence-electron chi connectivity index (χ1n) is 7.39.